The third kappa shape index (κ3) is 5.26. The van der Waals surface area contributed by atoms with Crippen LogP contribution in [0.5, 0.6) is 5.75 Å². The van der Waals surface area contributed by atoms with E-state index in [1.807, 2.05) is 43.3 Å². The Bertz CT molecular complexity index is 982. The van der Waals surface area contributed by atoms with Crippen molar-refractivity contribution in [3.63, 3.8) is 0 Å². The summed E-state index contributed by atoms with van der Waals surface area (Å²) < 4.78 is 6.99. The lowest BCUT2D eigenvalue weighted by Gasteiger charge is -2.28. The molecule has 2 unspecified atom stereocenters. The van der Waals surface area contributed by atoms with E-state index in [-0.39, 0.29) is 18.1 Å². The number of benzene rings is 2. The van der Waals surface area contributed by atoms with Crippen LogP contribution in [0.4, 0.5) is 4.79 Å². The minimum absolute atomic E-state index is 0.119. The molecule has 4 rings (SSSR count). The van der Waals surface area contributed by atoms with Gasteiger partial charge >= 0.3 is 6.03 Å². The molecular formula is C24H30N6O2. The normalized spacial score (nSPS) is 15.8. The summed E-state index contributed by atoms with van der Waals surface area (Å²) in [5.74, 6) is 0.836. The van der Waals surface area contributed by atoms with Crippen molar-refractivity contribution in [2.45, 2.75) is 31.8 Å². The molecule has 32 heavy (non-hydrogen) atoms. The monoisotopic (exact) mass is 434 g/mol. The molecule has 2 atom stereocenters. The maximum atomic E-state index is 12.6. The van der Waals surface area contributed by atoms with E-state index >= 15 is 0 Å². The van der Waals surface area contributed by atoms with Crippen molar-refractivity contribution in [3.8, 4) is 11.4 Å². The highest BCUT2D eigenvalue weighted by Crippen LogP contribution is 2.26. The quantitative estimate of drug-likeness (QED) is 0.567. The van der Waals surface area contributed by atoms with Gasteiger partial charge in [0.05, 0.1) is 24.9 Å². The average molecular weight is 435 g/mol. The highest BCUT2D eigenvalue weighted by molar-refractivity contribution is 5.74. The molecule has 1 aliphatic heterocycles. The number of amides is 2. The number of methoxy groups -OCH3 is 1. The number of rotatable bonds is 8. The maximum absolute atomic E-state index is 12.6. The molecule has 3 aromatic rings. The topological polar surface area (TPSA) is 84.3 Å². The fourth-order valence-electron chi connectivity index (χ4n) is 4.11. The predicted octanol–water partition coefficient (Wildman–Crippen LogP) is 3.47. The lowest BCUT2D eigenvalue weighted by molar-refractivity contribution is 0.219. The van der Waals surface area contributed by atoms with Crippen LogP contribution in [-0.4, -0.2) is 52.4 Å². The number of carbonyl (C=O) groups excluding carboxylic acids is 1. The molecule has 168 valence electrons. The first kappa shape index (κ1) is 21.8. The van der Waals surface area contributed by atoms with Gasteiger partial charge in [-0.05, 0) is 68.2 Å². The molecule has 8 nitrogen and oxygen atoms in total. The fraction of sp³-hybridized carbons (Fsp3) is 0.375. The van der Waals surface area contributed by atoms with E-state index in [2.05, 4.69) is 37.7 Å². The first-order valence-corrected chi connectivity index (χ1v) is 11.0. The Morgan fingerprint density at radius 1 is 1.06 bits per heavy atom. The van der Waals surface area contributed by atoms with Crippen molar-refractivity contribution in [2.24, 2.45) is 0 Å². The van der Waals surface area contributed by atoms with Gasteiger partial charge in [-0.25, -0.2) is 14.5 Å². The number of hydrogen-bond donors (Lipinski definition) is 2. The summed E-state index contributed by atoms with van der Waals surface area (Å²) in [7, 11) is 1.67. The Morgan fingerprint density at radius 3 is 2.38 bits per heavy atom. The van der Waals surface area contributed by atoms with Gasteiger partial charge in [0.25, 0.3) is 0 Å². The van der Waals surface area contributed by atoms with Crippen molar-refractivity contribution in [1.82, 2.24) is 30.3 Å². The number of carbonyl (C=O) groups is 1. The van der Waals surface area contributed by atoms with Crippen LogP contribution >= 0.6 is 0 Å². The van der Waals surface area contributed by atoms with Gasteiger partial charge in [-0.1, -0.05) is 24.3 Å². The number of ether oxygens (including phenoxy) is 1. The van der Waals surface area contributed by atoms with E-state index in [1.165, 1.54) is 24.7 Å². The van der Waals surface area contributed by atoms with Gasteiger partial charge in [-0.3, -0.25) is 4.90 Å². The third-order valence-electron chi connectivity index (χ3n) is 5.96. The molecule has 1 aromatic heterocycles. The molecule has 1 saturated heterocycles. The van der Waals surface area contributed by atoms with E-state index < -0.39 is 0 Å². The molecule has 0 radical (unpaired) electrons. The summed E-state index contributed by atoms with van der Waals surface area (Å²) in [6, 6.07) is 15.9. The van der Waals surface area contributed by atoms with E-state index in [1.54, 1.807) is 18.1 Å². The number of urea groups is 1. The summed E-state index contributed by atoms with van der Waals surface area (Å²) in [5.41, 5.74) is 3.14. The molecule has 1 fully saturated rings. The van der Waals surface area contributed by atoms with Gasteiger partial charge in [-0.2, -0.15) is 5.10 Å². The van der Waals surface area contributed by atoms with E-state index in [0.717, 1.165) is 30.1 Å². The van der Waals surface area contributed by atoms with Crippen LogP contribution in [0.25, 0.3) is 5.69 Å². The van der Waals surface area contributed by atoms with Gasteiger partial charge in [-0.15, -0.1) is 0 Å². The SMILES string of the molecule is COc1ccc(C(CNC(=O)NC(C)c2ccc(-n3cncn3)cc2)N2CCCC2)cc1. The highest BCUT2D eigenvalue weighted by Gasteiger charge is 2.24. The van der Waals surface area contributed by atoms with Crippen molar-refractivity contribution < 1.29 is 9.53 Å². The summed E-state index contributed by atoms with van der Waals surface area (Å²) in [6.45, 7) is 4.63. The lowest BCUT2D eigenvalue weighted by atomic mass is 10.1. The number of hydrogen-bond acceptors (Lipinski definition) is 5. The summed E-state index contributed by atoms with van der Waals surface area (Å²) in [5, 5.41) is 10.3. The molecular weight excluding hydrogens is 404 g/mol. The molecule has 0 bridgehead atoms. The number of aromatic nitrogens is 3. The van der Waals surface area contributed by atoms with Crippen molar-refractivity contribution in [2.75, 3.05) is 26.7 Å². The summed E-state index contributed by atoms with van der Waals surface area (Å²) >= 11 is 0. The maximum Gasteiger partial charge on any atom is 0.315 e. The van der Waals surface area contributed by atoms with E-state index in [4.69, 9.17) is 4.74 Å². The molecule has 1 aliphatic rings. The van der Waals surface area contributed by atoms with Crippen LogP contribution in [0.2, 0.25) is 0 Å². The van der Waals surface area contributed by atoms with Gasteiger partial charge in [0, 0.05) is 6.54 Å². The smallest absolute Gasteiger partial charge is 0.315 e. The van der Waals surface area contributed by atoms with Crippen molar-refractivity contribution >= 4 is 6.03 Å². The molecule has 2 heterocycles. The second kappa shape index (κ2) is 10.3. The molecule has 0 spiro atoms. The zero-order chi connectivity index (χ0) is 22.3. The second-order valence-corrected chi connectivity index (χ2v) is 8.04. The summed E-state index contributed by atoms with van der Waals surface area (Å²) in [4.78, 5) is 19.1. The second-order valence-electron chi connectivity index (χ2n) is 8.04. The van der Waals surface area contributed by atoms with Gasteiger partial charge in [0.2, 0.25) is 0 Å². The minimum Gasteiger partial charge on any atom is -0.497 e. The zero-order valence-corrected chi connectivity index (χ0v) is 18.6. The van der Waals surface area contributed by atoms with Crippen LogP contribution < -0.4 is 15.4 Å². The summed E-state index contributed by atoms with van der Waals surface area (Å²) in [6.07, 6.45) is 5.55. The average Bonchev–Trinajstić information content (AvgIpc) is 3.55. The first-order chi connectivity index (χ1) is 15.6. The standard InChI is InChI=1S/C24H30N6O2/c1-18(19-5-9-21(10-6-19)30-17-25-16-27-30)28-24(31)26-15-23(29-13-3-4-14-29)20-7-11-22(32-2)12-8-20/h5-12,16-18,23H,3-4,13-15H2,1-2H3,(H2,26,28,31). The number of nitrogens with zero attached hydrogens (tertiary/aromatic N) is 4. The molecule has 2 aromatic carbocycles. The molecule has 0 aliphatic carbocycles. The van der Waals surface area contributed by atoms with Crippen molar-refractivity contribution in [1.29, 1.82) is 0 Å². The van der Waals surface area contributed by atoms with Crippen LogP contribution in [0, 0.1) is 0 Å². The van der Waals surface area contributed by atoms with Crippen LogP contribution in [0.1, 0.15) is 43.0 Å². The van der Waals surface area contributed by atoms with Crippen LogP contribution in [0.15, 0.2) is 61.2 Å². The minimum atomic E-state index is -0.171. The van der Waals surface area contributed by atoms with E-state index in [9.17, 15) is 4.79 Å². The lowest BCUT2D eigenvalue weighted by Crippen LogP contribution is -2.42. The van der Waals surface area contributed by atoms with Crippen LogP contribution in [-0.2, 0) is 0 Å². The third-order valence-corrected chi connectivity index (χ3v) is 5.96. The Labute approximate surface area is 188 Å². The molecule has 2 N–H and O–H groups in total. The Balaban J connectivity index is 1.35. The first-order valence-electron chi connectivity index (χ1n) is 11.0. The van der Waals surface area contributed by atoms with Gasteiger partial charge in [0.15, 0.2) is 0 Å². The highest BCUT2D eigenvalue weighted by atomic mass is 16.5. The largest absolute Gasteiger partial charge is 0.497 e. The Morgan fingerprint density at radius 2 is 1.75 bits per heavy atom. The Kier molecular flexibility index (Phi) is 7.01. The van der Waals surface area contributed by atoms with Gasteiger partial charge in [0.1, 0.15) is 18.4 Å². The fourth-order valence-corrected chi connectivity index (χ4v) is 4.11. The zero-order valence-electron chi connectivity index (χ0n) is 18.6. The predicted molar refractivity (Wildman–Crippen MR) is 123 cm³/mol. The number of likely N-dealkylation sites (tertiary alicyclic amines) is 1. The Hall–Kier alpha value is -3.39. The van der Waals surface area contributed by atoms with Crippen LogP contribution in [0.3, 0.4) is 0 Å². The molecule has 2 amide bonds. The molecule has 8 heteroatoms. The molecule has 0 saturated carbocycles. The van der Waals surface area contributed by atoms with Gasteiger partial charge < -0.3 is 15.4 Å². The number of nitrogens with one attached hydrogen (secondary N) is 2. The van der Waals surface area contributed by atoms with Crippen molar-refractivity contribution in [3.05, 3.63) is 72.3 Å². The van der Waals surface area contributed by atoms with E-state index in [0.29, 0.717) is 6.54 Å².